The van der Waals surface area contributed by atoms with E-state index >= 15 is 0 Å². The Morgan fingerprint density at radius 2 is 1.87 bits per heavy atom. The van der Waals surface area contributed by atoms with Gasteiger partial charge in [0, 0.05) is 22.1 Å². The summed E-state index contributed by atoms with van der Waals surface area (Å²) >= 11 is 0. The van der Waals surface area contributed by atoms with Crippen LogP contribution in [0.2, 0.25) is 0 Å². The van der Waals surface area contributed by atoms with E-state index in [-0.39, 0.29) is 17.2 Å². The molecule has 1 aromatic heterocycles. The Kier molecular flexibility index (Phi) is 5.01. The van der Waals surface area contributed by atoms with Crippen LogP contribution in [-0.2, 0) is 10.8 Å². The second-order valence-electron chi connectivity index (χ2n) is 6.85. The standard InChI is InChI=1S/C18H25FN2OS/c1-18(2,3)23(4,5)22-12-15-14(7-6-8-16(15)19)13-9-10-17(20)21-11-13/h6-11H,12H2,1-5H3,(H2,20,21). The van der Waals surface area contributed by atoms with Gasteiger partial charge in [-0.1, -0.05) is 32.9 Å². The Hall–Kier alpha value is -1.59. The van der Waals surface area contributed by atoms with Gasteiger partial charge in [0.25, 0.3) is 0 Å². The van der Waals surface area contributed by atoms with Crippen LogP contribution in [0.15, 0.2) is 36.5 Å². The third-order valence-electron chi connectivity index (χ3n) is 4.19. The first-order valence-electron chi connectivity index (χ1n) is 7.48. The van der Waals surface area contributed by atoms with Crippen LogP contribution >= 0.6 is 10.3 Å². The van der Waals surface area contributed by atoms with Gasteiger partial charge >= 0.3 is 0 Å². The first-order chi connectivity index (χ1) is 10.6. The van der Waals surface area contributed by atoms with Crippen molar-refractivity contribution in [2.24, 2.45) is 0 Å². The molecule has 0 fully saturated rings. The highest BCUT2D eigenvalue weighted by molar-refractivity contribution is 8.29. The molecule has 0 aliphatic rings. The molecule has 0 bridgehead atoms. The van der Waals surface area contributed by atoms with E-state index in [4.69, 9.17) is 9.92 Å². The summed E-state index contributed by atoms with van der Waals surface area (Å²) in [4.78, 5) is 4.09. The molecule has 0 saturated carbocycles. The average molecular weight is 336 g/mol. The molecule has 0 spiro atoms. The predicted octanol–water partition coefficient (Wildman–Crippen LogP) is 4.76. The monoisotopic (exact) mass is 336 g/mol. The summed E-state index contributed by atoms with van der Waals surface area (Å²) in [6.45, 7) is 6.68. The van der Waals surface area contributed by atoms with Gasteiger partial charge in [-0.25, -0.2) is 9.37 Å². The van der Waals surface area contributed by atoms with Gasteiger partial charge in [0.05, 0.1) is 6.61 Å². The number of nitrogen functional groups attached to an aromatic ring is 1. The molecule has 2 N–H and O–H groups in total. The number of aromatic nitrogens is 1. The van der Waals surface area contributed by atoms with Crippen molar-refractivity contribution in [3.05, 3.63) is 47.9 Å². The molecular weight excluding hydrogens is 311 g/mol. The molecule has 3 nitrogen and oxygen atoms in total. The van der Waals surface area contributed by atoms with Crippen molar-refractivity contribution in [3.63, 3.8) is 0 Å². The summed E-state index contributed by atoms with van der Waals surface area (Å²) in [5.74, 6) is 0.185. The quantitative estimate of drug-likeness (QED) is 0.875. The van der Waals surface area contributed by atoms with Gasteiger partial charge in [0.15, 0.2) is 0 Å². The van der Waals surface area contributed by atoms with Crippen molar-refractivity contribution in [2.45, 2.75) is 32.1 Å². The van der Waals surface area contributed by atoms with Gasteiger partial charge in [-0.05, 0) is 36.3 Å². The van der Waals surface area contributed by atoms with Crippen molar-refractivity contribution >= 4 is 16.1 Å². The zero-order valence-corrected chi connectivity index (χ0v) is 15.2. The lowest BCUT2D eigenvalue weighted by Gasteiger charge is -2.43. The van der Waals surface area contributed by atoms with E-state index in [0.717, 1.165) is 11.1 Å². The van der Waals surface area contributed by atoms with Gasteiger partial charge in [-0.15, -0.1) is 10.3 Å². The van der Waals surface area contributed by atoms with Crippen LogP contribution in [-0.4, -0.2) is 22.2 Å². The molecule has 0 radical (unpaired) electrons. The summed E-state index contributed by atoms with van der Waals surface area (Å²) in [5, 5.41) is 0. The van der Waals surface area contributed by atoms with Crippen molar-refractivity contribution in [3.8, 4) is 11.1 Å². The van der Waals surface area contributed by atoms with Crippen LogP contribution in [0.5, 0.6) is 0 Å². The number of anilines is 1. The molecule has 2 aromatic rings. The Morgan fingerprint density at radius 3 is 2.43 bits per heavy atom. The lowest BCUT2D eigenvalue weighted by Crippen LogP contribution is -2.25. The van der Waals surface area contributed by atoms with Crippen LogP contribution in [0.25, 0.3) is 11.1 Å². The van der Waals surface area contributed by atoms with Gasteiger partial charge in [0.1, 0.15) is 11.6 Å². The normalized spacial score (nSPS) is 13.1. The molecule has 23 heavy (non-hydrogen) atoms. The molecule has 0 aliphatic heterocycles. The fourth-order valence-corrected chi connectivity index (χ4v) is 2.69. The van der Waals surface area contributed by atoms with Crippen LogP contribution in [0, 0.1) is 5.82 Å². The van der Waals surface area contributed by atoms with Crippen LogP contribution in [0.4, 0.5) is 10.2 Å². The Balaban J connectivity index is 2.34. The van der Waals surface area contributed by atoms with Crippen molar-refractivity contribution < 1.29 is 8.57 Å². The second kappa shape index (κ2) is 6.49. The minimum atomic E-state index is -1.32. The first kappa shape index (κ1) is 17.8. The minimum Gasteiger partial charge on any atom is -0.384 e. The molecule has 1 aromatic carbocycles. The number of hydrogen-bond donors (Lipinski definition) is 1. The number of halogens is 1. The number of nitrogens with zero attached hydrogens (tertiary/aromatic N) is 1. The van der Waals surface area contributed by atoms with Gasteiger partial charge in [-0.2, -0.15) is 0 Å². The summed E-state index contributed by atoms with van der Waals surface area (Å²) in [6, 6.07) is 8.62. The number of nitrogens with two attached hydrogens (primary N) is 1. The predicted molar refractivity (Wildman–Crippen MR) is 98.0 cm³/mol. The van der Waals surface area contributed by atoms with E-state index in [0.29, 0.717) is 11.4 Å². The van der Waals surface area contributed by atoms with E-state index in [2.05, 4.69) is 38.3 Å². The molecule has 1 heterocycles. The molecule has 0 atom stereocenters. The summed E-state index contributed by atoms with van der Waals surface area (Å²) in [7, 11) is -1.32. The Labute approximate surface area is 139 Å². The lowest BCUT2D eigenvalue weighted by molar-refractivity contribution is 0.332. The zero-order chi connectivity index (χ0) is 17.3. The van der Waals surface area contributed by atoms with Crippen LogP contribution in [0.1, 0.15) is 26.3 Å². The molecule has 0 saturated heterocycles. The van der Waals surface area contributed by atoms with Gasteiger partial charge in [0.2, 0.25) is 0 Å². The van der Waals surface area contributed by atoms with Gasteiger partial charge < -0.3 is 9.92 Å². The van der Waals surface area contributed by atoms with Crippen molar-refractivity contribution in [2.75, 3.05) is 18.2 Å². The smallest absolute Gasteiger partial charge is 0.129 e. The SMILES string of the molecule is CC(C)(C)S(C)(C)OCc1c(F)cccc1-c1ccc(N)nc1. The Bertz CT molecular complexity index is 678. The molecule has 0 amide bonds. The second-order valence-corrected chi connectivity index (χ2v) is 10.8. The highest BCUT2D eigenvalue weighted by Gasteiger charge is 2.29. The number of rotatable bonds is 4. The maximum atomic E-state index is 14.4. The molecule has 2 rings (SSSR count). The summed E-state index contributed by atoms with van der Waals surface area (Å²) in [6.07, 6.45) is 5.88. The zero-order valence-electron chi connectivity index (χ0n) is 14.4. The van der Waals surface area contributed by atoms with E-state index < -0.39 is 10.3 Å². The third kappa shape index (κ3) is 4.03. The lowest BCUT2D eigenvalue weighted by atomic mass is 10.0. The number of hydrogen-bond acceptors (Lipinski definition) is 3. The molecule has 0 aliphatic carbocycles. The van der Waals surface area contributed by atoms with Crippen molar-refractivity contribution in [1.29, 1.82) is 0 Å². The highest BCUT2D eigenvalue weighted by atomic mass is 32.3. The van der Waals surface area contributed by atoms with Crippen LogP contribution in [0.3, 0.4) is 0 Å². The molecular formula is C18H25FN2OS. The maximum Gasteiger partial charge on any atom is 0.129 e. The highest BCUT2D eigenvalue weighted by Crippen LogP contribution is 2.54. The summed E-state index contributed by atoms with van der Waals surface area (Å²) < 4.78 is 20.5. The molecule has 126 valence electrons. The third-order valence-corrected chi connectivity index (χ3v) is 7.85. The molecule has 5 heteroatoms. The Morgan fingerprint density at radius 1 is 1.17 bits per heavy atom. The van der Waals surface area contributed by atoms with Gasteiger partial charge in [-0.3, -0.25) is 0 Å². The fraction of sp³-hybridized carbons (Fsp3) is 0.389. The number of benzene rings is 1. The van der Waals surface area contributed by atoms with Crippen LogP contribution < -0.4 is 5.73 Å². The number of pyridine rings is 1. The maximum absolute atomic E-state index is 14.4. The fourth-order valence-electron chi connectivity index (χ4n) is 1.92. The first-order valence-corrected chi connectivity index (χ1v) is 9.86. The van der Waals surface area contributed by atoms with E-state index in [1.165, 1.54) is 6.07 Å². The van der Waals surface area contributed by atoms with E-state index in [1.807, 2.05) is 12.1 Å². The largest absolute Gasteiger partial charge is 0.384 e. The van der Waals surface area contributed by atoms with Crippen molar-refractivity contribution in [1.82, 2.24) is 4.98 Å². The molecule has 0 unspecified atom stereocenters. The average Bonchev–Trinajstić information content (AvgIpc) is 2.45. The van der Waals surface area contributed by atoms with E-state index in [9.17, 15) is 4.39 Å². The summed E-state index contributed by atoms with van der Waals surface area (Å²) in [5.41, 5.74) is 7.82. The van der Waals surface area contributed by atoms with E-state index in [1.54, 1.807) is 18.3 Å². The topological polar surface area (TPSA) is 48.1 Å². The minimum absolute atomic E-state index is 0.0289.